The predicted octanol–water partition coefficient (Wildman–Crippen LogP) is 2.29. The van der Waals surface area contributed by atoms with E-state index in [0.717, 1.165) is 12.0 Å². The zero-order chi connectivity index (χ0) is 15.3. The van der Waals surface area contributed by atoms with Crippen molar-refractivity contribution in [2.45, 2.75) is 37.6 Å². The van der Waals surface area contributed by atoms with Crippen LogP contribution in [0.2, 0.25) is 0 Å². The number of allylic oxidation sites excluding steroid dienone is 1. The lowest BCUT2D eigenvalue weighted by Crippen LogP contribution is -2.43. The Morgan fingerprint density at radius 3 is 2.57 bits per heavy atom. The second-order valence-electron chi connectivity index (χ2n) is 6.20. The fourth-order valence-electron chi connectivity index (χ4n) is 3.21. The molecule has 1 aromatic rings. The summed E-state index contributed by atoms with van der Waals surface area (Å²) in [4.78, 5) is 12.0. The molecule has 1 heterocycles. The topological polar surface area (TPSA) is 54.5 Å². The van der Waals surface area contributed by atoms with Crippen LogP contribution in [0, 0.1) is 12.3 Å². The van der Waals surface area contributed by atoms with Crippen molar-refractivity contribution in [3.05, 3.63) is 42.0 Å². The van der Waals surface area contributed by atoms with Crippen molar-refractivity contribution in [2.24, 2.45) is 5.41 Å². The highest BCUT2D eigenvalue weighted by Gasteiger charge is 2.49. The maximum atomic E-state index is 12.8. The van der Waals surface area contributed by atoms with Gasteiger partial charge in [-0.2, -0.15) is 4.31 Å². The summed E-state index contributed by atoms with van der Waals surface area (Å²) in [6.07, 6.45) is 4.51. The zero-order valence-corrected chi connectivity index (χ0v) is 13.1. The molecule has 0 aromatic heterocycles. The number of carbonyl (C=O) groups is 1. The molecule has 0 unspecified atom stereocenters. The molecule has 1 saturated heterocycles. The standard InChI is InChI=1S/C16H19NO3S/c1-12-3-5-14(6-4-12)21(19,20)17-10-9-16(2)8-7-13(18)11-15(16)17/h3-8,15H,9-11H2,1-2H3/t15-,16-/m0/s1. The minimum atomic E-state index is -3.54. The minimum absolute atomic E-state index is 0.00322. The highest BCUT2D eigenvalue weighted by atomic mass is 32.2. The van der Waals surface area contributed by atoms with Gasteiger partial charge in [-0.25, -0.2) is 8.42 Å². The van der Waals surface area contributed by atoms with Gasteiger partial charge in [0.25, 0.3) is 0 Å². The molecule has 0 N–H and O–H groups in total. The normalized spacial score (nSPS) is 29.6. The first-order valence-corrected chi connectivity index (χ1v) is 8.57. The molecule has 2 aliphatic rings. The molecule has 0 saturated carbocycles. The van der Waals surface area contributed by atoms with Crippen LogP contribution in [0.1, 0.15) is 25.3 Å². The first-order valence-electron chi connectivity index (χ1n) is 7.13. The fourth-order valence-corrected chi connectivity index (χ4v) is 4.94. The van der Waals surface area contributed by atoms with E-state index in [2.05, 4.69) is 0 Å². The Labute approximate surface area is 125 Å². The van der Waals surface area contributed by atoms with Crippen molar-refractivity contribution in [1.29, 1.82) is 0 Å². The summed E-state index contributed by atoms with van der Waals surface area (Å²) >= 11 is 0. The number of rotatable bonds is 2. The lowest BCUT2D eigenvalue weighted by atomic mass is 9.77. The van der Waals surface area contributed by atoms with Crippen molar-refractivity contribution in [3.8, 4) is 0 Å². The molecule has 1 aromatic carbocycles. The van der Waals surface area contributed by atoms with E-state index in [4.69, 9.17) is 0 Å². The van der Waals surface area contributed by atoms with E-state index < -0.39 is 10.0 Å². The van der Waals surface area contributed by atoms with Crippen molar-refractivity contribution in [3.63, 3.8) is 0 Å². The summed E-state index contributed by atoms with van der Waals surface area (Å²) < 4.78 is 27.2. The SMILES string of the molecule is Cc1ccc(S(=O)(=O)N2CC[C@]3(C)C=CC(=O)C[C@H]23)cc1. The highest BCUT2D eigenvalue weighted by Crippen LogP contribution is 2.44. The zero-order valence-electron chi connectivity index (χ0n) is 12.2. The first-order chi connectivity index (χ1) is 9.83. The van der Waals surface area contributed by atoms with Gasteiger partial charge >= 0.3 is 0 Å². The van der Waals surface area contributed by atoms with Gasteiger partial charge in [0, 0.05) is 24.4 Å². The number of nitrogens with zero attached hydrogens (tertiary/aromatic N) is 1. The highest BCUT2D eigenvalue weighted by molar-refractivity contribution is 7.89. The predicted molar refractivity (Wildman–Crippen MR) is 80.3 cm³/mol. The van der Waals surface area contributed by atoms with Gasteiger partial charge < -0.3 is 0 Å². The van der Waals surface area contributed by atoms with Crippen LogP contribution in [0.15, 0.2) is 41.3 Å². The van der Waals surface area contributed by atoms with Gasteiger partial charge in [-0.3, -0.25) is 4.79 Å². The summed E-state index contributed by atoms with van der Waals surface area (Å²) in [6.45, 7) is 4.42. The van der Waals surface area contributed by atoms with Gasteiger partial charge in [0.1, 0.15) is 0 Å². The molecular weight excluding hydrogens is 286 g/mol. The maximum absolute atomic E-state index is 12.8. The Morgan fingerprint density at radius 2 is 1.90 bits per heavy atom. The lowest BCUT2D eigenvalue weighted by Gasteiger charge is -2.34. The number of benzene rings is 1. The van der Waals surface area contributed by atoms with Crippen molar-refractivity contribution in [1.82, 2.24) is 4.31 Å². The van der Waals surface area contributed by atoms with Crippen LogP contribution >= 0.6 is 0 Å². The molecule has 21 heavy (non-hydrogen) atoms. The van der Waals surface area contributed by atoms with E-state index in [1.54, 1.807) is 30.3 Å². The summed E-state index contributed by atoms with van der Waals surface area (Å²) in [5, 5.41) is 0. The Morgan fingerprint density at radius 1 is 1.24 bits per heavy atom. The first kappa shape index (κ1) is 14.5. The lowest BCUT2D eigenvalue weighted by molar-refractivity contribution is -0.116. The third kappa shape index (κ3) is 2.34. The number of hydrogen-bond donors (Lipinski definition) is 0. The monoisotopic (exact) mass is 305 g/mol. The largest absolute Gasteiger partial charge is 0.295 e. The number of ketones is 1. The number of hydrogen-bond acceptors (Lipinski definition) is 3. The van der Waals surface area contributed by atoms with Gasteiger partial charge in [0.2, 0.25) is 10.0 Å². The fraction of sp³-hybridized carbons (Fsp3) is 0.438. The molecule has 3 rings (SSSR count). The third-order valence-electron chi connectivity index (χ3n) is 4.65. The van der Waals surface area contributed by atoms with Crippen LogP contribution < -0.4 is 0 Å². The van der Waals surface area contributed by atoms with Crippen LogP contribution in [0.25, 0.3) is 0 Å². The average Bonchev–Trinajstić information content (AvgIpc) is 2.77. The van der Waals surface area contributed by atoms with Crippen LogP contribution in [-0.4, -0.2) is 31.1 Å². The molecule has 2 atom stereocenters. The van der Waals surface area contributed by atoms with Crippen LogP contribution in [0.5, 0.6) is 0 Å². The van der Waals surface area contributed by atoms with E-state index >= 15 is 0 Å². The Bertz CT molecular complexity index is 706. The van der Waals surface area contributed by atoms with E-state index in [1.807, 2.05) is 19.9 Å². The molecule has 4 nitrogen and oxygen atoms in total. The summed E-state index contributed by atoms with van der Waals surface area (Å²) in [7, 11) is -3.54. The summed E-state index contributed by atoms with van der Waals surface area (Å²) in [5.74, 6) is 0.00322. The quantitative estimate of drug-likeness (QED) is 0.842. The molecule has 1 aliphatic carbocycles. The Balaban J connectivity index is 1.99. The number of fused-ring (bicyclic) bond motifs is 1. The molecule has 1 aliphatic heterocycles. The van der Waals surface area contributed by atoms with Gasteiger partial charge in [0.15, 0.2) is 5.78 Å². The van der Waals surface area contributed by atoms with E-state index in [1.165, 1.54) is 4.31 Å². The number of aryl methyl sites for hydroxylation is 1. The summed E-state index contributed by atoms with van der Waals surface area (Å²) in [6, 6.07) is 6.62. The number of sulfonamides is 1. The molecule has 1 fully saturated rings. The van der Waals surface area contributed by atoms with E-state index in [-0.39, 0.29) is 23.7 Å². The maximum Gasteiger partial charge on any atom is 0.243 e. The molecule has 0 radical (unpaired) electrons. The molecule has 0 amide bonds. The summed E-state index contributed by atoms with van der Waals surface area (Å²) in [5.41, 5.74) is 0.794. The van der Waals surface area contributed by atoms with Gasteiger partial charge in [-0.05, 0) is 31.6 Å². The van der Waals surface area contributed by atoms with Gasteiger partial charge in [0.05, 0.1) is 4.90 Å². The molecule has 0 bridgehead atoms. The van der Waals surface area contributed by atoms with Crippen LogP contribution in [-0.2, 0) is 14.8 Å². The molecular formula is C16H19NO3S. The molecule has 0 spiro atoms. The third-order valence-corrected chi connectivity index (χ3v) is 6.57. The smallest absolute Gasteiger partial charge is 0.243 e. The van der Waals surface area contributed by atoms with Crippen LogP contribution in [0.3, 0.4) is 0 Å². The second kappa shape index (κ2) is 4.78. The van der Waals surface area contributed by atoms with Crippen molar-refractivity contribution in [2.75, 3.05) is 6.54 Å². The van der Waals surface area contributed by atoms with Crippen molar-refractivity contribution < 1.29 is 13.2 Å². The molecule has 5 heteroatoms. The van der Waals surface area contributed by atoms with Gasteiger partial charge in [-0.1, -0.05) is 30.7 Å². The van der Waals surface area contributed by atoms with E-state index in [9.17, 15) is 13.2 Å². The second-order valence-corrected chi connectivity index (χ2v) is 8.09. The van der Waals surface area contributed by atoms with Gasteiger partial charge in [-0.15, -0.1) is 0 Å². The average molecular weight is 305 g/mol. The minimum Gasteiger partial charge on any atom is -0.295 e. The molecule has 112 valence electrons. The number of carbonyl (C=O) groups excluding carboxylic acids is 1. The van der Waals surface area contributed by atoms with Crippen molar-refractivity contribution >= 4 is 15.8 Å². The Hall–Kier alpha value is -1.46. The van der Waals surface area contributed by atoms with Crippen LogP contribution in [0.4, 0.5) is 0 Å². The Kier molecular flexibility index (Phi) is 3.30. The van der Waals surface area contributed by atoms with E-state index in [0.29, 0.717) is 11.4 Å².